The third kappa shape index (κ3) is 3.46. The van der Waals surface area contributed by atoms with Crippen LogP contribution < -0.4 is 9.80 Å². The van der Waals surface area contributed by atoms with Crippen molar-refractivity contribution in [2.24, 2.45) is 5.41 Å². The van der Waals surface area contributed by atoms with E-state index in [0.29, 0.717) is 24.5 Å². The predicted molar refractivity (Wildman–Crippen MR) is 135 cm³/mol. The summed E-state index contributed by atoms with van der Waals surface area (Å²) in [6, 6.07) is 5.28. The van der Waals surface area contributed by atoms with Gasteiger partial charge in [-0.2, -0.15) is 5.26 Å². The molecular weight excluding hydrogens is 489 g/mol. The Labute approximate surface area is 220 Å². The molecule has 2 saturated heterocycles. The zero-order valence-corrected chi connectivity index (χ0v) is 21.6. The number of pyridine rings is 1. The number of ether oxygens (including phenoxy) is 1. The number of piperazine rings is 1. The van der Waals surface area contributed by atoms with Gasteiger partial charge in [0.25, 0.3) is 0 Å². The minimum atomic E-state index is -1.73. The highest BCUT2D eigenvalue weighted by Gasteiger charge is 2.56. The van der Waals surface area contributed by atoms with E-state index in [-0.39, 0.29) is 30.5 Å². The first kappa shape index (κ1) is 24.5. The summed E-state index contributed by atoms with van der Waals surface area (Å²) in [5.41, 5.74) is -0.194. The summed E-state index contributed by atoms with van der Waals surface area (Å²) in [6.45, 7) is 4.52. The molecule has 2 aromatic heterocycles. The fourth-order valence-corrected chi connectivity index (χ4v) is 6.47. The summed E-state index contributed by atoms with van der Waals surface area (Å²) in [4.78, 5) is 45.7. The van der Waals surface area contributed by atoms with Gasteiger partial charge in [-0.05, 0) is 38.8 Å². The molecule has 11 heteroatoms. The van der Waals surface area contributed by atoms with Crippen LogP contribution in [0.1, 0.15) is 50.7 Å². The number of hydrogen-bond donors (Lipinski definition) is 0. The lowest BCUT2D eigenvalue weighted by Gasteiger charge is -2.48. The minimum Gasteiger partial charge on any atom is -0.465 e. The number of esters is 1. The Hall–Kier alpha value is -3.81. The van der Waals surface area contributed by atoms with Crippen LogP contribution in [0.5, 0.6) is 0 Å². The fraction of sp³-hybridized carbons (Fsp3) is 0.556. The van der Waals surface area contributed by atoms with Crippen LogP contribution in [-0.4, -0.2) is 76.7 Å². The lowest BCUT2D eigenvalue weighted by molar-refractivity contribution is -0.159. The molecule has 3 fully saturated rings. The van der Waals surface area contributed by atoms with Crippen LogP contribution in [0.2, 0.25) is 0 Å². The van der Waals surface area contributed by atoms with Crippen molar-refractivity contribution in [3.63, 3.8) is 0 Å². The van der Waals surface area contributed by atoms with E-state index >= 15 is 0 Å². The van der Waals surface area contributed by atoms with Crippen LogP contribution >= 0.6 is 0 Å². The molecule has 0 bridgehead atoms. The molecule has 1 spiro atoms. The number of nitrogens with zero attached hydrogens (tertiary/aromatic N) is 7. The number of halogens is 1. The molecule has 2 aromatic rings. The number of hydrogen-bond acceptors (Lipinski definition) is 9. The summed E-state index contributed by atoms with van der Waals surface area (Å²) in [5.74, 6) is 1.10. The Bertz CT molecular complexity index is 1340. The van der Waals surface area contributed by atoms with Gasteiger partial charge in [0.1, 0.15) is 30.5 Å². The Morgan fingerprint density at radius 3 is 2.63 bits per heavy atom. The Morgan fingerprint density at radius 2 is 1.97 bits per heavy atom. The average Bonchev–Trinajstić information content (AvgIpc) is 3.48. The molecule has 1 aliphatic carbocycles. The molecule has 3 aliphatic heterocycles. The van der Waals surface area contributed by atoms with E-state index in [0.717, 1.165) is 43.0 Å². The van der Waals surface area contributed by atoms with Crippen molar-refractivity contribution in [3.05, 3.63) is 35.8 Å². The van der Waals surface area contributed by atoms with E-state index in [1.807, 2.05) is 13.8 Å². The SMILES string of the molecule is C[C@@H]1CN(c2ncnc3c2C2(CCC2)CN3c2cc(C#N)ccn2)[C@@H](C)CN1C(=O)C1(CF)CCOC1=O. The first-order valence-electron chi connectivity index (χ1n) is 13.1. The van der Waals surface area contributed by atoms with Gasteiger partial charge in [-0.25, -0.2) is 19.3 Å². The highest BCUT2D eigenvalue weighted by atomic mass is 19.1. The van der Waals surface area contributed by atoms with E-state index in [4.69, 9.17) is 9.72 Å². The van der Waals surface area contributed by atoms with Crippen LogP contribution in [0.15, 0.2) is 24.7 Å². The fourth-order valence-electron chi connectivity index (χ4n) is 6.47. The number of nitriles is 1. The predicted octanol–water partition coefficient (Wildman–Crippen LogP) is 2.65. The van der Waals surface area contributed by atoms with Gasteiger partial charge in [-0.1, -0.05) is 6.42 Å². The van der Waals surface area contributed by atoms with E-state index in [1.165, 1.54) is 0 Å². The number of amides is 1. The number of fused-ring (bicyclic) bond motifs is 2. The first-order chi connectivity index (χ1) is 18.3. The van der Waals surface area contributed by atoms with Crippen LogP contribution in [0, 0.1) is 16.7 Å². The number of anilines is 3. The summed E-state index contributed by atoms with van der Waals surface area (Å²) in [6.07, 6.45) is 6.42. The van der Waals surface area contributed by atoms with Gasteiger partial charge >= 0.3 is 5.97 Å². The number of carbonyl (C=O) groups is 2. The molecule has 1 amide bonds. The molecule has 1 unspecified atom stereocenters. The van der Waals surface area contributed by atoms with Gasteiger partial charge in [0.05, 0.1) is 18.2 Å². The number of alkyl halides is 1. The smallest absolute Gasteiger partial charge is 0.324 e. The second-order valence-corrected chi connectivity index (χ2v) is 11.0. The van der Waals surface area contributed by atoms with Crippen molar-refractivity contribution < 1.29 is 18.7 Å². The van der Waals surface area contributed by atoms with Crippen molar-refractivity contribution in [1.29, 1.82) is 5.26 Å². The Kier molecular flexibility index (Phi) is 5.74. The monoisotopic (exact) mass is 519 g/mol. The van der Waals surface area contributed by atoms with Crippen LogP contribution in [0.4, 0.5) is 21.8 Å². The number of rotatable bonds is 4. The molecule has 38 heavy (non-hydrogen) atoms. The zero-order chi connectivity index (χ0) is 26.7. The van der Waals surface area contributed by atoms with Crippen molar-refractivity contribution in [3.8, 4) is 6.07 Å². The standard InChI is InChI=1S/C27H30FN7O3/c1-17-13-34(24(36)27(14-28)7-9-38-25(27)37)18(2)12-33(17)22-21-23(32-16-31-22)35(15-26(21)5-3-6-26)20-10-19(11-29)4-8-30-20/h4,8,10,16-18H,3,5-7,9,12-15H2,1-2H3/t17-,18+,27?/m0/s1. The third-order valence-corrected chi connectivity index (χ3v) is 8.82. The molecular formula is C27H30FN7O3. The van der Waals surface area contributed by atoms with Gasteiger partial charge in [0.2, 0.25) is 5.91 Å². The second kappa shape index (κ2) is 8.89. The highest BCUT2D eigenvalue weighted by molar-refractivity contribution is 6.04. The third-order valence-electron chi connectivity index (χ3n) is 8.82. The highest BCUT2D eigenvalue weighted by Crippen LogP contribution is 2.56. The first-order valence-corrected chi connectivity index (χ1v) is 13.1. The van der Waals surface area contributed by atoms with Crippen molar-refractivity contribution in [2.75, 3.05) is 42.7 Å². The number of cyclic esters (lactones) is 1. The summed E-state index contributed by atoms with van der Waals surface area (Å²) >= 11 is 0. The van der Waals surface area contributed by atoms with Crippen LogP contribution in [0.25, 0.3) is 0 Å². The molecule has 0 aromatic carbocycles. The van der Waals surface area contributed by atoms with Crippen molar-refractivity contribution >= 4 is 29.3 Å². The molecule has 0 radical (unpaired) electrons. The molecule has 1 saturated carbocycles. The molecule has 5 heterocycles. The van der Waals surface area contributed by atoms with Crippen LogP contribution in [-0.2, 0) is 19.7 Å². The minimum absolute atomic E-state index is 0.0657. The molecule has 198 valence electrons. The summed E-state index contributed by atoms with van der Waals surface area (Å²) < 4.78 is 19.1. The normalized spacial score (nSPS) is 27.6. The van der Waals surface area contributed by atoms with Gasteiger partial charge in [-0.15, -0.1) is 0 Å². The van der Waals surface area contributed by atoms with Gasteiger partial charge in [0, 0.05) is 55.3 Å². The van der Waals surface area contributed by atoms with E-state index in [1.54, 1.807) is 29.6 Å². The topological polar surface area (TPSA) is 116 Å². The lowest BCUT2D eigenvalue weighted by atomic mass is 9.66. The number of aromatic nitrogens is 3. The van der Waals surface area contributed by atoms with E-state index in [2.05, 4.69) is 25.8 Å². The maximum atomic E-state index is 14.1. The Morgan fingerprint density at radius 1 is 1.18 bits per heavy atom. The molecule has 6 rings (SSSR count). The van der Waals surface area contributed by atoms with Crippen LogP contribution in [0.3, 0.4) is 0 Å². The maximum absolute atomic E-state index is 14.1. The largest absolute Gasteiger partial charge is 0.465 e. The van der Waals surface area contributed by atoms with Gasteiger partial charge in [-0.3, -0.25) is 9.59 Å². The molecule has 0 N–H and O–H groups in total. The molecule has 3 atom stereocenters. The second-order valence-electron chi connectivity index (χ2n) is 11.0. The summed E-state index contributed by atoms with van der Waals surface area (Å²) in [5, 5.41) is 9.40. The van der Waals surface area contributed by atoms with Crippen molar-refractivity contribution in [2.45, 2.75) is 57.0 Å². The lowest BCUT2D eigenvalue weighted by Crippen LogP contribution is -2.62. The van der Waals surface area contributed by atoms with E-state index < -0.39 is 24.0 Å². The zero-order valence-electron chi connectivity index (χ0n) is 21.6. The molecule has 4 aliphatic rings. The average molecular weight is 520 g/mol. The van der Waals surface area contributed by atoms with Gasteiger partial charge in [0.15, 0.2) is 5.41 Å². The maximum Gasteiger partial charge on any atom is 0.324 e. The van der Waals surface area contributed by atoms with Crippen molar-refractivity contribution in [1.82, 2.24) is 19.9 Å². The Balaban J connectivity index is 1.33. The number of carbonyl (C=O) groups excluding carboxylic acids is 2. The summed E-state index contributed by atoms with van der Waals surface area (Å²) in [7, 11) is 0. The molecule has 10 nitrogen and oxygen atoms in total. The van der Waals surface area contributed by atoms with Gasteiger partial charge < -0.3 is 19.4 Å². The quantitative estimate of drug-likeness (QED) is 0.444. The van der Waals surface area contributed by atoms with E-state index in [9.17, 15) is 19.2 Å².